The predicted octanol–water partition coefficient (Wildman–Crippen LogP) is 3.68. The number of hydrogen-bond donors (Lipinski definition) is 0. The van der Waals surface area contributed by atoms with Crippen LogP contribution in [-0.4, -0.2) is 31.1 Å². The van der Waals surface area contributed by atoms with Crippen LogP contribution in [0, 0.1) is 5.41 Å². The van der Waals surface area contributed by atoms with E-state index in [0.29, 0.717) is 6.61 Å². The summed E-state index contributed by atoms with van der Waals surface area (Å²) in [7, 11) is 0. The van der Waals surface area contributed by atoms with E-state index < -0.39 is 11.2 Å². The van der Waals surface area contributed by atoms with E-state index in [0.717, 1.165) is 19.3 Å². The molecule has 4 nitrogen and oxygen atoms in total. The number of hydrogen-bond acceptors (Lipinski definition) is 4. The van der Waals surface area contributed by atoms with Crippen LogP contribution in [0.25, 0.3) is 0 Å². The topological polar surface area (TPSA) is 44.8 Å². The Hall–Kier alpha value is -0.610. The lowest BCUT2D eigenvalue weighted by molar-refractivity contribution is -0.173. The zero-order chi connectivity index (χ0) is 15.2. The minimum atomic E-state index is -0.507. The monoisotopic (exact) mass is 286 g/mol. The maximum Gasteiger partial charge on any atom is 0.311 e. The SMILES string of the molecule is CCCCCC1(C)OCC(COC(=O)C(C)(C)CC)O1. The van der Waals surface area contributed by atoms with Gasteiger partial charge in [0.1, 0.15) is 12.7 Å². The van der Waals surface area contributed by atoms with E-state index in [2.05, 4.69) is 6.92 Å². The van der Waals surface area contributed by atoms with Crippen molar-refractivity contribution >= 4 is 5.97 Å². The summed E-state index contributed by atoms with van der Waals surface area (Å²) in [5.74, 6) is -0.671. The van der Waals surface area contributed by atoms with E-state index >= 15 is 0 Å². The minimum Gasteiger partial charge on any atom is -0.462 e. The lowest BCUT2D eigenvalue weighted by Crippen LogP contribution is -2.31. The molecule has 1 rings (SSSR count). The predicted molar refractivity (Wildman–Crippen MR) is 78.4 cm³/mol. The van der Waals surface area contributed by atoms with Crippen molar-refractivity contribution in [1.29, 1.82) is 0 Å². The van der Waals surface area contributed by atoms with Gasteiger partial charge in [-0.15, -0.1) is 0 Å². The zero-order valence-corrected chi connectivity index (χ0v) is 13.7. The fourth-order valence-corrected chi connectivity index (χ4v) is 2.11. The van der Waals surface area contributed by atoms with Crippen LogP contribution in [0.2, 0.25) is 0 Å². The molecule has 1 saturated heterocycles. The molecule has 0 bridgehead atoms. The molecule has 20 heavy (non-hydrogen) atoms. The van der Waals surface area contributed by atoms with E-state index in [9.17, 15) is 4.79 Å². The average Bonchev–Trinajstić information content (AvgIpc) is 2.78. The third-order valence-corrected chi connectivity index (χ3v) is 4.06. The van der Waals surface area contributed by atoms with E-state index in [1.54, 1.807) is 0 Å². The highest BCUT2D eigenvalue weighted by atomic mass is 16.7. The molecule has 0 amide bonds. The molecule has 0 radical (unpaired) electrons. The Balaban J connectivity index is 2.32. The van der Waals surface area contributed by atoms with Crippen molar-refractivity contribution in [2.75, 3.05) is 13.2 Å². The third kappa shape index (κ3) is 5.06. The van der Waals surface area contributed by atoms with Crippen LogP contribution in [0.1, 0.15) is 66.7 Å². The quantitative estimate of drug-likeness (QED) is 0.504. The van der Waals surface area contributed by atoms with Gasteiger partial charge in [0.2, 0.25) is 0 Å². The van der Waals surface area contributed by atoms with Crippen LogP contribution in [0.3, 0.4) is 0 Å². The maximum absolute atomic E-state index is 11.9. The van der Waals surface area contributed by atoms with Gasteiger partial charge in [-0.3, -0.25) is 4.79 Å². The van der Waals surface area contributed by atoms with Gasteiger partial charge in [-0.1, -0.05) is 26.7 Å². The fourth-order valence-electron chi connectivity index (χ4n) is 2.11. The Kier molecular flexibility index (Phi) is 6.46. The van der Waals surface area contributed by atoms with Gasteiger partial charge >= 0.3 is 5.97 Å². The number of esters is 1. The number of rotatable bonds is 8. The maximum atomic E-state index is 11.9. The van der Waals surface area contributed by atoms with Crippen LogP contribution < -0.4 is 0 Å². The average molecular weight is 286 g/mol. The standard InChI is InChI=1S/C16H30O4/c1-6-8-9-10-16(5)19-12-13(20-16)11-18-14(17)15(3,4)7-2/h13H,6-12H2,1-5H3. The summed E-state index contributed by atoms with van der Waals surface area (Å²) in [4.78, 5) is 11.9. The fraction of sp³-hybridized carbons (Fsp3) is 0.938. The number of unbranched alkanes of at least 4 members (excludes halogenated alkanes) is 2. The second-order valence-corrected chi connectivity index (χ2v) is 6.48. The summed E-state index contributed by atoms with van der Waals surface area (Å²) < 4.78 is 17.0. The van der Waals surface area contributed by atoms with Gasteiger partial charge < -0.3 is 14.2 Å². The van der Waals surface area contributed by atoms with Crippen molar-refractivity contribution in [3.05, 3.63) is 0 Å². The number of carbonyl (C=O) groups is 1. The van der Waals surface area contributed by atoms with Gasteiger partial charge in [-0.2, -0.15) is 0 Å². The second kappa shape index (κ2) is 7.41. The van der Waals surface area contributed by atoms with Crippen molar-refractivity contribution in [1.82, 2.24) is 0 Å². The van der Waals surface area contributed by atoms with Gasteiger partial charge in [0.15, 0.2) is 5.79 Å². The number of carbonyl (C=O) groups excluding carboxylic acids is 1. The molecule has 0 aliphatic carbocycles. The number of ether oxygens (including phenoxy) is 3. The molecule has 0 aromatic rings. The Morgan fingerprint density at radius 2 is 2.05 bits per heavy atom. The normalized spacial score (nSPS) is 26.8. The Labute approximate surface area is 123 Å². The van der Waals surface area contributed by atoms with Crippen molar-refractivity contribution in [3.63, 3.8) is 0 Å². The molecular weight excluding hydrogens is 256 g/mol. The Morgan fingerprint density at radius 3 is 2.65 bits per heavy atom. The molecule has 0 N–H and O–H groups in total. The highest BCUT2D eigenvalue weighted by Crippen LogP contribution is 2.29. The second-order valence-electron chi connectivity index (χ2n) is 6.48. The zero-order valence-electron chi connectivity index (χ0n) is 13.7. The largest absolute Gasteiger partial charge is 0.462 e. The smallest absolute Gasteiger partial charge is 0.311 e. The summed E-state index contributed by atoms with van der Waals surface area (Å²) in [5.41, 5.74) is -0.427. The highest BCUT2D eigenvalue weighted by molar-refractivity contribution is 5.75. The van der Waals surface area contributed by atoms with E-state index in [1.807, 2.05) is 27.7 Å². The Bertz CT molecular complexity index is 314. The molecule has 1 fully saturated rings. The van der Waals surface area contributed by atoms with E-state index in [-0.39, 0.29) is 18.7 Å². The molecule has 0 saturated carbocycles. The lowest BCUT2D eigenvalue weighted by Gasteiger charge is -2.24. The van der Waals surface area contributed by atoms with Crippen LogP contribution in [0.4, 0.5) is 0 Å². The molecule has 2 unspecified atom stereocenters. The molecule has 1 aliphatic rings. The molecule has 0 aromatic heterocycles. The lowest BCUT2D eigenvalue weighted by atomic mass is 9.91. The summed E-state index contributed by atoms with van der Waals surface area (Å²) in [6.07, 6.45) is 4.99. The van der Waals surface area contributed by atoms with Gasteiger partial charge in [0.05, 0.1) is 12.0 Å². The molecule has 1 aliphatic heterocycles. The van der Waals surface area contributed by atoms with E-state index in [4.69, 9.17) is 14.2 Å². The summed E-state index contributed by atoms with van der Waals surface area (Å²) in [6, 6.07) is 0. The molecule has 118 valence electrons. The van der Waals surface area contributed by atoms with Crippen LogP contribution in [0.5, 0.6) is 0 Å². The Morgan fingerprint density at radius 1 is 1.35 bits per heavy atom. The van der Waals surface area contributed by atoms with Gasteiger partial charge in [-0.25, -0.2) is 0 Å². The molecule has 0 aromatic carbocycles. The van der Waals surface area contributed by atoms with Crippen molar-refractivity contribution in [2.45, 2.75) is 78.6 Å². The third-order valence-electron chi connectivity index (χ3n) is 4.06. The van der Waals surface area contributed by atoms with Gasteiger partial charge in [0, 0.05) is 6.42 Å². The molecule has 4 heteroatoms. The highest BCUT2D eigenvalue weighted by Gasteiger charge is 2.38. The van der Waals surface area contributed by atoms with Crippen LogP contribution in [-0.2, 0) is 19.0 Å². The minimum absolute atomic E-state index is 0.141. The van der Waals surface area contributed by atoms with Crippen molar-refractivity contribution < 1.29 is 19.0 Å². The van der Waals surface area contributed by atoms with E-state index in [1.165, 1.54) is 12.8 Å². The first-order chi connectivity index (χ1) is 9.33. The van der Waals surface area contributed by atoms with Crippen molar-refractivity contribution in [2.24, 2.45) is 5.41 Å². The molecular formula is C16H30O4. The van der Waals surface area contributed by atoms with Gasteiger partial charge in [-0.05, 0) is 33.6 Å². The first kappa shape index (κ1) is 17.4. The molecule has 1 heterocycles. The summed E-state index contributed by atoms with van der Waals surface area (Å²) in [5, 5.41) is 0. The summed E-state index contributed by atoms with van der Waals surface area (Å²) >= 11 is 0. The first-order valence-corrected chi connectivity index (χ1v) is 7.82. The van der Waals surface area contributed by atoms with Crippen LogP contribution >= 0.6 is 0 Å². The van der Waals surface area contributed by atoms with Crippen LogP contribution in [0.15, 0.2) is 0 Å². The molecule has 2 atom stereocenters. The first-order valence-electron chi connectivity index (χ1n) is 7.82. The molecule has 0 spiro atoms. The van der Waals surface area contributed by atoms with Crippen molar-refractivity contribution in [3.8, 4) is 0 Å². The van der Waals surface area contributed by atoms with Gasteiger partial charge in [0.25, 0.3) is 0 Å². The summed E-state index contributed by atoms with van der Waals surface area (Å²) in [6.45, 7) is 10.7.